The van der Waals surface area contributed by atoms with Crippen LogP contribution in [0, 0.1) is 6.92 Å². The Balaban J connectivity index is 2.12. The summed E-state index contributed by atoms with van der Waals surface area (Å²) in [6, 6.07) is 5.39. The molecule has 3 N–H and O–H groups in total. The van der Waals surface area contributed by atoms with Crippen LogP contribution >= 0.6 is 0 Å². The third kappa shape index (κ3) is 3.34. The minimum atomic E-state index is -0.257. The Morgan fingerprint density at radius 1 is 1.33 bits per heavy atom. The lowest BCUT2D eigenvalue weighted by Gasteiger charge is -2.09. The summed E-state index contributed by atoms with van der Waals surface area (Å²) in [5.41, 5.74) is 7.68. The molecule has 1 aromatic carbocycles. The van der Waals surface area contributed by atoms with Crippen LogP contribution in [0.15, 0.2) is 35.4 Å². The quantitative estimate of drug-likeness (QED) is 0.841. The SMILES string of the molecule is Cc1ccc(N)cc1NC(=O)Cn1ccn(C(C)C)c1=O. The fraction of sp³-hybridized carbons (Fsp3) is 0.333. The van der Waals surface area contributed by atoms with E-state index in [1.807, 2.05) is 26.8 Å². The molecule has 0 atom stereocenters. The number of nitrogens with one attached hydrogen (secondary N) is 1. The van der Waals surface area contributed by atoms with Crippen molar-refractivity contribution in [3.63, 3.8) is 0 Å². The molecule has 2 rings (SSSR count). The summed E-state index contributed by atoms with van der Waals surface area (Å²) in [6.45, 7) is 5.70. The average molecular weight is 288 g/mol. The van der Waals surface area contributed by atoms with E-state index in [-0.39, 0.29) is 24.2 Å². The van der Waals surface area contributed by atoms with Crippen LogP contribution in [0.25, 0.3) is 0 Å². The molecule has 1 heterocycles. The van der Waals surface area contributed by atoms with Crippen LogP contribution in [0.1, 0.15) is 25.5 Å². The zero-order chi connectivity index (χ0) is 15.6. The molecule has 0 fully saturated rings. The molecule has 0 saturated heterocycles. The van der Waals surface area contributed by atoms with Crippen molar-refractivity contribution >= 4 is 17.3 Å². The summed E-state index contributed by atoms with van der Waals surface area (Å²) < 4.78 is 2.97. The molecule has 2 aromatic rings. The molecule has 0 aliphatic rings. The third-order valence-electron chi connectivity index (χ3n) is 3.28. The van der Waals surface area contributed by atoms with Crippen LogP contribution in [0.4, 0.5) is 11.4 Å². The highest BCUT2D eigenvalue weighted by molar-refractivity contribution is 5.91. The molecule has 0 aliphatic carbocycles. The molecule has 0 bridgehead atoms. The lowest BCUT2D eigenvalue weighted by atomic mass is 10.2. The Morgan fingerprint density at radius 3 is 2.67 bits per heavy atom. The Kier molecular flexibility index (Phi) is 4.16. The van der Waals surface area contributed by atoms with Crippen molar-refractivity contribution in [1.29, 1.82) is 0 Å². The number of nitrogens with zero attached hydrogens (tertiary/aromatic N) is 2. The summed E-state index contributed by atoms with van der Waals surface area (Å²) >= 11 is 0. The van der Waals surface area contributed by atoms with Gasteiger partial charge in [-0.25, -0.2) is 4.79 Å². The Labute approximate surface area is 123 Å². The molecule has 0 radical (unpaired) electrons. The molecule has 0 spiro atoms. The van der Waals surface area contributed by atoms with E-state index in [0.29, 0.717) is 11.4 Å². The fourth-order valence-corrected chi connectivity index (χ4v) is 2.06. The minimum Gasteiger partial charge on any atom is -0.399 e. The lowest BCUT2D eigenvalue weighted by molar-refractivity contribution is -0.116. The largest absolute Gasteiger partial charge is 0.399 e. The Bertz CT molecular complexity index is 713. The van der Waals surface area contributed by atoms with E-state index in [1.165, 1.54) is 4.57 Å². The van der Waals surface area contributed by atoms with Crippen LogP contribution in [0.3, 0.4) is 0 Å². The van der Waals surface area contributed by atoms with Crippen LogP contribution in [0.5, 0.6) is 0 Å². The highest BCUT2D eigenvalue weighted by atomic mass is 16.2. The number of imidazole rings is 1. The summed E-state index contributed by atoms with van der Waals surface area (Å²) in [7, 11) is 0. The van der Waals surface area contributed by atoms with Crippen LogP contribution in [-0.4, -0.2) is 15.0 Å². The molecule has 1 aromatic heterocycles. The van der Waals surface area contributed by atoms with Crippen molar-refractivity contribution in [3.8, 4) is 0 Å². The molecule has 0 saturated carbocycles. The first-order chi connectivity index (χ1) is 9.88. The van der Waals surface area contributed by atoms with Gasteiger partial charge < -0.3 is 11.1 Å². The first-order valence-electron chi connectivity index (χ1n) is 6.81. The summed E-state index contributed by atoms with van der Waals surface area (Å²) in [6.07, 6.45) is 3.31. The van der Waals surface area contributed by atoms with Crippen molar-refractivity contribution in [2.75, 3.05) is 11.1 Å². The van der Waals surface area contributed by atoms with Gasteiger partial charge in [-0.2, -0.15) is 0 Å². The van der Waals surface area contributed by atoms with Crippen molar-refractivity contribution in [2.45, 2.75) is 33.4 Å². The summed E-state index contributed by atoms with van der Waals surface area (Å²) in [5, 5.41) is 2.78. The second-order valence-electron chi connectivity index (χ2n) is 5.33. The number of benzene rings is 1. The van der Waals surface area contributed by atoms with Gasteiger partial charge in [0, 0.05) is 29.8 Å². The third-order valence-corrected chi connectivity index (χ3v) is 3.28. The van der Waals surface area contributed by atoms with Crippen molar-refractivity contribution in [3.05, 3.63) is 46.6 Å². The van der Waals surface area contributed by atoms with Gasteiger partial charge in [-0.3, -0.25) is 13.9 Å². The fourth-order valence-electron chi connectivity index (χ4n) is 2.06. The van der Waals surface area contributed by atoms with Gasteiger partial charge in [-0.05, 0) is 38.5 Å². The van der Waals surface area contributed by atoms with Gasteiger partial charge in [0.1, 0.15) is 6.54 Å². The minimum absolute atomic E-state index is 0.0210. The topological polar surface area (TPSA) is 82.0 Å². The number of hydrogen-bond acceptors (Lipinski definition) is 3. The summed E-state index contributed by atoms with van der Waals surface area (Å²) in [4.78, 5) is 24.1. The van der Waals surface area contributed by atoms with E-state index in [2.05, 4.69) is 5.32 Å². The first kappa shape index (κ1) is 14.9. The van der Waals surface area contributed by atoms with Gasteiger partial charge in [0.15, 0.2) is 0 Å². The number of anilines is 2. The van der Waals surface area contributed by atoms with Gasteiger partial charge in [0.05, 0.1) is 0 Å². The van der Waals surface area contributed by atoms with Crippen molar-refractivity contribution in [2.24, 2.45) is 0 Å². The zero-order valence-electron chi connectivity index (χ0n) is 12.5. The van der Waals surface area contributed by atoms with E-state index in [9.17, 15) is 9.59 Å². The predicted octanol–water partition coefficient (Wildman–Crippen LogP) is 1.76. The second-order valence-corrected chi connectivity index (χ2v) is 5.33. The highest BCUT2D eigenvalue weighted by Gasteiger charge is 2.10. The molecule has 0 unspecified atom stereocenters. The molecular weight excluding hydrogens is 268 g/mol. The van der Waals surface area contributed by atoms with Crippen LogP contribution in [0.2, 0.25) is 0 Å². The van der Waals surface area contributed by atoms with Gasteiger partial charge in [0.2, 0.25) is 5.91 Å². The van der Waals surface area contributed by atoms with E-state index >= 15 is 0 Å². The van der Waals surface area contributed by atoms with Crippen LogP contribution < -0.4 is 16.7 Å². The number of aryl methyl sites for hydroxylation is 1. The second kappa shape index (κ2) is 5.87. The van der Waals surface area contributed by atoms with E-state index < -0.39 is 0 Å². The van der Waals surface area contributed by atoms with Gasteiger partial charge in [0.25, 0.3) is 0 Å². The number of carbonyl (C=O) groups is 1. The number of rotatable bonds is 4. The van der Waals surface area contributed by atoms with Crippen LogP contribution in [-0.2, 0) is 11.3 Å². The molecule has 6 nitrogen and oxygen atoms in total. The molecule has 1 amide bonds. The maximum Gasteiger partial charge on any atom is 0.328 e. The molecule has 0 aliphatic heterocycles. The monoisotopic (exact) mass is 288 g/mol. The smallest absolute Gasteiger partial charge is 0.328 e. The van der Waals surface area contributed by atoms with Gasteiger partial charge in [-0.15, -0.1) is 0 Å². The number of aromatic nitrogens is 2. The Hall–Kier alpha value is -2.50. The van der Waals surface area contributed by atoms with E-state index in [0.717, 1.165) is 5.56 Å². The van der Waals surface area contributed by atoms with Gasteiger partial charge >= 0.3 is 5.69 Å². The zero-order valence-corrected chi connectivity index (χ0v) is 12.5. The number of hydrogen-bond donors (Lipinski definition) is 2. The Morgan fingerprint density at radius 2 is 2.05 bits per heavy atom. The molecule has 21 heavy (non-hydrogen) atoms. The number of nitrogens with two attached hydrogens (primary N) is 1. The highest BCUT2D eigenvalue weighted by Crippen LogP contribution is 2.17. The number of amides is 1. The normalized spacial score (nSPS) is 10.9. The lowest BCUT2D eigenvalue weighted by Crippen LogP contribution is -2.29. The van der Waals surface area contributed by atoms with E-state index in [1.54, 1.807) is 29.1 Å². The van der Waals surface area contributed by atoms with E-state index in [4.69, 9.17) is 5.73 Å². The molecule has 6 heteroatoms. The average Bonchev–Trinajstić information content (AvgIpc) is 2.75. The predicted molar refractivity (Wildman–Crippen MR) is 83.3 cm³/mol. The number of nitrogen functional groups attached to an aromatic ring is 1. The first-order valence-corrected chi connectivity index (χ1v) is 6.81. The molecule has 112 valence electrons. The maximum absolute atomic E-state index is 12.1. The maximum atomic E-state index is 12.1. The van der Waals surface area contributed by atoms with Crippen molar-refractivity contribution in [1.82, 2.24) is 9.13 Å². The number of carbonyl (C=O) groups excluding carboxylic acids is 1. The van der Waals surface area contributed by atoms with Gasteiger partial charge in [-0.1, -0.05) is 6.07 Å². The standard InChI is InChI=1S/C15H20N4O2/c1-10(2)19-7-6-18(15(19)21)9-14(20)17-13-8-12(16)5-4-11(13)3/h4-8,10H,9,16H2,1-3H3,(H,17,20). The van der Waals surface area contributed by atoms with Crippen molar-refractivity contribution < 1.29 is 4.79 Å². The molecular formula is C15H20N4O2. The summed E-state index contributed by atoms with van der Waals surface area (Å²) in [5.74, 6) is -0.257.